The number of ether oxygens (including phenoxy) is 2. The third-order valence-electron chi connectivity index (χ3n) is 5.35. The van der Waals surface area contributed by atoms with Gasteiger partial charge in [0, 0.05) is 18.6 Å². The predicted molar refractivity (Wildman–Crippen MR) is 85.4 cm³/mol. The summed E-state index contributed by atoms with van der Waals surface area (Å²) in [5, 5.41) is 20.5. The number of nitro groups is 1. The summed E-state index contributed by atoms with van der Waals surface area (Å²) >= 11 is 0. The van der Waals surface area contributed by atoms with E-state index in [-0.39, 0.29) is 35.1 Å². The number of carboxylic acid groups (broad SMARTS) is 1. The molecule has 2 heterocycles. The molecule has 2 bridgehead atoms. The van der Waals surface area contributed by atoms with E-state index in [0.717, 1.165) is 19.3 Å². The monoisotopic (exact) mass is 335 g/mol. The Labute approximate surface area is 139 Å². The van der Waals surface area contributed by atoms with E-state index in [1.807, 2.05) is 6.92 Å². The fraction of sp³-hybridized carbons (Fsp3) is 0.588. The molecule has 1 aromatic carbocycles. The standard InChI is InChI=1S/C17H21NO6/c1-3-10(2)17(9-12-5-7-15(17)23-12)24-14-8-11(16(19)20)4-6-13(14)18(21)22/h4,6,8,10,12,15H,3,5,7,9H2,1-2H3,(H,19,20). The third kappa shape index (κ3) is 2.62. The summed E-state index contributed by atoms with van der Waals surface area (Å²) < 4.78 is 12.2. The van der Waals surface area contributed by atoms with Crippen LogP contribution < -0.4 is 4.74 Å². The van der Waals surface area contributed by atoms with Crippen LogP contribution in [0.1, 0.15) is 49.9 Å². The van der Waals surface area contributed by atoms with Crippen molar-refractivity contribution in [3.63, 3.8) is 0 Å². The van der Waals surface area contributed by atoms with Crippen LogP contribution in [0.2, 0.25) is 0 Å². The van der Waals surface area contributed by atoms with Gasteiger partial charge in [0.2, 0.25) is 0 Å². The Kier molecular flexibility index (Phi) is 4.21. The summed E-state index contributed by atoms with van der Waals surface area (Å²) in [4.78, 5) is 22.0. The van der Waals surface area contributed by atoms with E-state index in [0.29, 0.717) is 6.42 Å². The Bertz CT molecular complexity index is 675. The molecule has 2 saturated heterocycles. The molecule has 130 valence electrons. The minimum atomic E-state index is -1.14. The number of hydrogen-bond acceptors (Lipinski definition) is 5. The van der Waals surface area contributed by atoms with Crippen molar-refractivity contribution in [1.82, 2.24) is 0 Å². The molecular formula is C17H21NO6. The molecule has 1 aromatic rings. The topological polar surface area (TPSA) is 98.9 Å². The van der Waals surface area contributed by atoms with Crippen molar-refractivity contribution < 1.29 is 24.3 Å². The molecule has 2 aliphatic heterocycles. The van der Waals surface area contributed by atoms with E-state index >= 15 is 0 Å². The Hall–Kier alpha value is -2.15. The summed E-state index contributed by atoms with van der Waals surface area (Å²) in [7, 11) is 0. The first kappa shape index (κ1) is 16.7. The van der Waals surface area contributed by atoms with Gasteiger partial charge >= 0.3 is 11.7 Å². The van der Waals surface area contributed by atoms with Crippen LogP contribution >= 0.6 is 0 Å². The quantitative estimate of drug-likeness (QED) is 0.632. The number of carboxylic acids is 1. The molecule has 24 heavy (non-hydrogen) atoms. The average molecular weight is 335 g/mol. The Morgan fingerprint density at radius 1 is 1.54 bits per heavy atom. The maximum absolute atomic E-state index is 11.3. The smallest absolute Gasteiger partial charge is 0.335 e. The summed E-state index contributed by atoms with van der Waals surface area (Å²) in [6.07, 6.45) is 3.38. The Morgan fingerprint density at radius 3 is 2.79 bits per heavy atom. The number of nitrogens with zero attached hydrogens (tertiary/aromatic N) is 1. The highest BCUT2D eigenvalue weighted by atomic mass is 16.6. The Morgan fingerprint density at radius 2 is 2.29 bits per heavy atom. The second-order valence-electron chi connectivity index (χ2n) is 6.64. The molecule has 3 rings (SSSR count). The lowest BCUT2D eigenvalue weighted by atomic mass is 9.75. The summed E-state index contributed by atoms with van der Waals surface area (Å²) in [6.45, 7) is 4.10. The van der Waals surface area contributed by atoms with Crippen LogP contribution in [0, 0.1) is 16.0 Å². The van der Waals surface area contributed by atoms with Gasteiger partial charge in [0.15, 0.2) is 5.75 Å². The lowest BCUT2D eigenvalue weighted by Crippen LogP contribution is -2.50. The van der Waals surface area contributed by atoms with Crippen molar-refractivity contribution in [3.05, 3.63) is 33.9 Å². The van der Waals surface area contributed by atoms with Crippen LogP contribution in [-0.4, -0.2) is 33.8 Å². The normalized spacial score (nSPS) is 29.4. The number of fused-ring (bicyclic) bond motifs is 2. The molecule has 0 saturated carbocycles. The molecule has 0 spiro atoms. The molecule has 2 fully saturated rings. The van der Waals surface area contributed by atoms with Crippen molar-refractivity contribution in [1.29, 1.82) is 0 Å². The highest BCUT2D eigenvalue weighted by Gasteiger charge is 2.57. The first-order chi connectivity index (χ1) is 11.4. The van der Waals surface area contributed by atoms with Crippen molar-refractivity contribution in [2.75, 3.05) is 0 Å². The van der Waals surface area contributed by atoms with Gasteiger partial charge in [-0.1, -0.05) is 13.8 Å². The van der Waals surface area contributed by atoms with Gasteiger partial charge in [-0.05, 0) is 31.2 Å². The van der Waals surface area contributed by atoms with Crippen LogP contribution in [0.15, 0.2) is 18.2 Å². The minimum Gasteiger partial charge on any atom is -0.478 e. The van der Waals surface area contributed by atoms with Gasteiger partial charge in [-0.25, -0.2) is 4.79 Å². The van der Waals surface area contributed by atoms with E-state index < -0.39 is 16.5 Å². The van der Waals surface area contributed by atoms with Crippen LogP contribution in [-0.2, 0) is 4.74 Å². The number of carbonyl (C=O) groups is 1. The number of aromatic carboxylic acids is 1. The second-order valence-corrected chi connectivity index (χ2v) is 6.64. The van der Waals surface area contributed by atoms with Crippen LogP contribution in [0.3, 0.4) is 0 Å². The first-order valence-corrected chi connectivity index (χ1v) is 8.23. The van der Waals surface area contributed by atoms with Gasteiger partial charge in [-0.15, -0.1) is 0 Å². The number of nitro benzene ring substituents is 1. The molecule has 0 radical (unpaired) electrons. The van der Waals surface area contributed by atoms with Crippen molar-refractivity contribution in [2.45, 2.75) is 57.3 Å². The SMILES string of the molecule is CCC(C)C1(Oc2cc(C(=O)O)ccc2[N+](=O)[O-])CC2CCC1O2. The van der Waals surface area contributed by atoms with Gasteiger partial charge < -0.3 is 14.6 Å². The van der Waals surface area contributed by atoms with E-state index in [1.54, 1.807) is 0 Å². The van der Waals surface area contributed by atoms with E-state index in [9.17, 15) is 20.0 Å². The van der Waals surface area contributed by atoms with Gasteiger partial charge in [-0.3, -0.25) is 10.1 Å². The summed E-state index contributed by atoms with van der Waals surface area (Å²) in [5.74, 6) is -0.992. The van der Waals surface area contributed by atoms with E-state index in [1.165, 1.54) is 18.2 Å². The lowest BCUT2D eigenvalue weighted by molar-refractivity contribution is -0.386. The molecular weight excluding hydrogens is 314 g/mol. The van der Waals surface area contributed by atoms with E-state index in [2.05, 4.69) is 6.92 Å². The van der Waals surface area contributed by atoms with Gasteiger partial charge in [0.1, 0.15) is 5.60 Å². The second kappa shape index (κ2) is 6.05. The number of rotatable bonds is 6. The zero-order valence-electron chi connectivity index (χ0n) is 13.7. The lowest BCUT2D eigenvalue weighted by Gasteiger charge is -2.40. The zero-order chi connectivity index (χ0) is 17.5. The molecule has 4 unspecified atom stereocenters. The van der Waals surface area contributed by atoms with Crippen LogP contribution in [0.4, 0.5) is 5.69 Å². The summed E-state index contributed by atoms with van der Waals surface area (Å²) in [5.41, 5.74) is -0.885. The molecule has 1 N–H and O–H groups in total. The zero-order valence-corrected chi connectivity index (χ0v) is 13.7. The molecule has 4 atom stereocenters. The molecule has 7 nitrogen and oxygen atoms in total. The Balaban J connectivity index is 2.02. The fourth-order valence-electron chi connectivity index (χ4n) is 3.86. The highest BCUT2D eigenvalue weighted by molar-refractivity contribution is 5.88. The molecule has 7 heteroatoms. The molecule has 0 aliphatic carbocycles. The first-order valence-electron chi connectivity index (χ1n) is 8.23. The van der Waals surface area contributed by atoms with Gasteiger partial charge in [-0.2, -0.15) is 0 Å². The largest absolute Gasteiger partial charge is 0.478 e. The minimum absolute atomic E-state index is 0.0105. The molecule has 2 aliphatic rings. The maximum Gasteiger partial charge on any atom is 0.335 e. The van der Waals surface area contributed by atoms with Gasteiger partial charge in [0.25, 0.3) is 0 Å². The van der Waals surface area contributed by atoms with Crippen molar-refractivity contribution in [2.24, 2.45) is 5.92 Å². The fourth-order valence-corrected chi connectivity index (χ4v) is 3.86. The predicted octanol–water partition coefficient (Wildman–Crippen LogP) is 3.41. The average Bonchev–Trinajstić information content (AvgIpc) is 3.15. The van der Waals surface area contributed by atoms with E-state index in [4.69, 9.17) is 9.47 Å². The maximum atomic E-state index is 11.3. The van der Waals surface area contributed by atoms with Crippen LogP contribution in [0.25, 0.3) is 0 Å². The molecule has 0 amide bonds. The third-order valence-corrected chi connectivity index (χ3v) is 5.35. The van der Waals surface area contributed by atoms with Crippen LogP contribution in [0.5, 0.6) is 5.75 Å². The number of hydrogen-bond donors (Lipinski definition) is 1. The van der Waals surface area contributed by atoms with Crippen molar-refractivity contribution in [3.8, 4) is 5.75 Å². The number of benzene rings is 1. The highest BCUT2D eigenvalue weighted by Crippen LogP contribution is 2.50. The van der Waals surface area contributed by atoms with Crippen molar-refractivity contribution >= 4 is 11.7 Å². The summed E-state index contributed by atoms with van der Waals surface area (Å²) in [6, 6.07) is 3.66. The molecule has 0 aromatic heterocycles. The van der Waals surface area contributed by atoms with Gasteiger partial charge in [0.05, 0.1) is 22.7 Å².